The van der Waals surface area contributed by atoms with Gasteiger partial charge in [-0.05, 0) is 61.4 Å². The molecule has 0 saturated carbocycles. The summed E-state index contributed by atoms with van der Waals surface area (Å²) in [4.78, 5) is 46.6. The second-order valence-electron chi connectivity index (χ2n) is 6.37. The van der Waals surface area contributed by atoms with E-state index in [1.165, 1.54) is 6.92 Å². The molecule has 1 aliphatic heterocycles. The third-order valence-electron chi connectivity index (χ3n) is 4.30. The molecule has 0 fully saturated rings. The molecule has 0 aromatic heterocycles. The number of nitrogens with one attached hydrogen (secondary N) is 1. The number of benzene rings is 2. The highest BCUT2D eigenvalue weighted by Crippen LogP contribution is 2.23. The Morgan fingerprint density at radius 2 is 1.68 bits per heavy atom. The quantitative estimate of drug-likeness (QED) is 0.585. The lowest BCUT2D eigenvalue weighted by atomic mass is 9.99. The van der Waals surface area contributed by atoms with Crippen molar-refractivity contribution in [1.29, 1.82) is 0 Å². The minimum absolute atomic E-state index is 0.0450. The molecule has 0 spiro atoms. The van der Waals surface area contributed by atoms with Gasteiger partial charge in [0.25, 0.3) is 0 Å². The molecule has 0 unspecified atom stereocenters. The summed E-state index contributed by atoms with van der Waals surface area (Å²) in [5, 5.41) is 2.75. The molecule has 0 saturated heterocycles. The van der Waals surface area contributed by atoms with Crippen molar-refractivity contribution in [2.75, 3.05) is 18.5 Å². The van der Waals surface area contributed by atoms with E-state index in [2.05, 4.69) is 5.32 Å². The molecule has 1 N–H and O–H groups in total. The van der Waals surface area contributed by atoms with Crippen molar-refractivity contribution >= 4 is 29.1 Å². The number of aryl methyl sites for hydroxylation is 1. The first-order valence-corrected chi connectivity index (χ1v) is 8.78. The highest BCUT2D eigenvalue weighted by molar-refractivity contribution is 6.00. The minimum atomic E-state index is -0.672. The fourth-order valence-electron chi connectivity index (χ4n) is 2.76. The summed E-state index contributed by atoms with van der Waals surface area (Å²) in [6.45, 7) is 0.725. The lowest BCUT2D eigenvalue weighted by Crippen LogP contribution is -2.21. The Bertz CT molecular complexity index is 932. The van der Waals surface area contributed by atoms with Crippen LogP contribution in [0.5, 0.6) is 5.75 Å². The Morgan fingerprint density at radius 1 is 0.964 bits per heavy atom. The van der Waals surface area contributed by atoms with Gasteiger partial charge in [-0.2, -0.15) is 0 Å². The van der Waals surface area contributed by atoms with Gasteiger partial charge in [0.2, 0.25) is 5.91 Å². The van der Waals surface area contributed by atoms with Crippen molar-refractivity contribution in [3.8, 4) is 5.75 Å². The summed E-state index contributed by atoms with van der Waals surface area (Å²) in [5.41, 5.74) is 2.55. The summed E-state index contributed by atoms with van der Waals surface area (Å²) in [6, 6.07) is 11.3. The first-order valence-electron chi connectivity index (χ1n) is 8.78. The molecule has 7 heteroatoms. The molecule has 2 aromatic carbocycles. The van der Waals surface area contributed by atoms with E-state index < -0.39 is 12.6 Å². The van der Waals surface area contributed by atoms with Gasteiger partial charge in [-0.15, -0.1) is 0 Å². The number of carbonyl (C=O) groups is 4. The van der Waals surface area contributed by atoms with Crippen LogP contribution >= 0.6 is 0 Å². The normalized spacial score (nSPS) is 12.5. The SMILES string of the molecule is CC(=O)c1ccc(OCC(=O)OCC(=O)c2ccc3c(c2)CCC(=O)N3)cc1. The summed E-state index contributed by atoms with van der Waals surface area (Å²) >= 11 is 0. The second-order valence-corrected chi connectivity index (χ2v) is 6.37. The van der Waals surface area contributed by atoms with Crippen molar-refractivity contribution in [3.63, 3.8) is 0 Å². The van der Waals surface area contributed by atoms with Crippen molar-refractivity contribution in [1.82, 2.24) is 0 Å². The number of anilines is 1. The Hall–Kier alpha value is -3.48. The Morgan fingerprint density at radius 3 is 2.39 bits per heavy atom. The van der Waals surface area contributed by atoms with Gasteiger partial charge < -0.3 is 14.8 Å². The molecule has 28 heavy (non-hydrogen) atoms. The number of carbonyl (C=O) groups excluding carboxylic acids is 4. The smallest absolute Gasteiger partial charge is 0.344 e. The number of Topliss-reactive ketones (excluding diaryl/α,β-unsaturated/α-hetero) is 2. The standard InChI is InChI=1S/C21H19NO6/c1-13(23)14-2-6-17(7-3-14)27-12-21(26)28-11-19(24)16-4-8-18-15(10-16)5-9-20(25)22-18/h2-4,6-8,10H,5,9,11-12H2,1H3,(H,22,25). The van der Waals surface area contributed by atoms with Crippen LogP contribution in [-0.2, 0) is 20.7 Å². The number of hydrogen-bond acceptors (Lipinski definition) is 6. The van der Waals surface area contributed by atoms with Crippen LogP contribution in [0.25, 0.3) is 0 Å². The molecule has 2 aromatic rings. The molecule has 7 nitrogen and oxygen atoms in total. The van der Waals surface area contributed by atoms with Crippen LogP contribution in [0.15, 0.2) is 42.5 Å². The van der Waals surface area contributed by atoms with Crippen LogP contribution in [0.2, 0.25) is 0 Å². The predicted octanol–water partition coefficient (Wildman–Crippen LogP) is 2.58. The van der Waals surface area contributed by atoms with Gasteiger partial charge >= 0.3 is 5.97 Å². The van der Waals surface area contributed by atoms with Crippen molar-refractivity contribution in [3.05, 3.63) is 59.2 Å². The number of ether oxygens (including phenoxy) is 2. The van der Waals surface area contributed by atoms with Crippen LogP contribution in [-0.4, -0.2) is 36.7 Å². The molecule has 0 aliphatic carbocycles. The van der Waals surface area contributed by atoms with Gasteiger partial charge in [0.1, 0.15) is 5.75 Å². The zero-order chi connectivity index (χ0) is 20.1. The third kappa shape index (κ3) is 4.82. The lowest BCUT2D eigenvalue weighted by molar-refractivity contribution is -0.144. The predicted molar refractivity (Wildman–Crippen MR) is 101 cm³/mol. The van der Waals surface area contributed by atoms with Crippen molar-refractivity contribution in [2.45, 2.75) is 19.8 Å². The average molecular weight is 381 g/mol. The van der Waals surface area contributed by atoms with E-state index >= 15 is 0 Å². The van der Waals surface area contributed by atoms with Gasteiger partial charge in [0, 0.05) is 23.2 Å². The Labute approximate surface area is 161 Å². The number of esters is 1. The van der Waals surface area contributed by atoms with E-state index in [9.17, 15) is 19.2 Å². The monoisotopic (exact) mass is 381 g/mol. The lowest BCUT2D eigenvalue weighted by Gasteiger charge is -2.17. The first-order chi connectivity index (χ1) is 13.4. The van der Waals surface area contributed by atoms with Crippen LogP contribution in [0.4, 0.5) is 5.69 Å². The number of ketones is 2. The van der Waals surface area contributed by atoms with E-state index in [4.69, 9.17) is 9.47 Å². The number of rotatable bonds is 7. The number of fused-ring (bicyclic) bond motifs is 1. The highest BCUT2D eigenvalue weighted by Gasteiger charge is 2.17. The molecule has 1 amide bonds. The second kappa shape index (κ2) is 8.47. The highest BCUT2D eigenvalue weighted by atomic mass is 16.6. The zero-order valence-electron chi connectivity index (χ0n) is 15.3. The van der Waals surface area contributed by atoms with E-state index in [0.29, 0.717) is 35.4 Å². The largest absolute Gasteiger partial charge is 0.482 e. The summed E-state index contributed by atoms with van der Waals surface area (Å²) in [6.07, 6.45) is 0.947. The maximum Gasteiger partial charge on any atom is 0.344 e. The van der Waals surface area contributed by atoms with E-state index in [-0.39, 0.29) is 24.1 Å². The van der Waals surface area contributed by atoms with Crippen molar-refractivity contribution in [2.24, 2.45) is 0 Å². The van der Waals surface area contributed by atoms with Crippen LogP contribution < -0.4 is 10.1 Å². The topological polar surface area (TPSA) is 98.8 Å². The average Bonchev–Trinajstić information content (AvgIpc) is 2.70. The molecule has 0 atom stereocenters. The molecule has 1 aliphatic rings. The number of amides is 1. The van der Waals surface area contributed by atoms with Crippen molar-refractivity contribution < 1.29 is 28.7 Å². The molecule has 0 radical (unpaired) electrons. The minimum Gasteiger partial charge on any atom is -0.482 e. The summed E-state index contributed by atoms with van der Waals surface area (Å²) < 4.78 is 10.3. The molecule has 144 valence electrons. The molecule has 3 rings (SSSR count). The first kappa shape index (κ1) is 19.3. The molecule has 0 bridgehead atoms. The van der Waals surface area contributed by atoms with Crippen LogP contribution in [0, 0.1) is 0 Å². The summed E-state index contributed by atoms with van der Waals surface area (Å²) in [7, 11) is 0. The van der Waals surface area contributed by atoms with Crippen LogP contribution in [0.1, 0.15) is 39.6 Å². The molecule has 1 heterocycles. The molecular weight excluding hydrogens is 362 g/mol. The maximum atomic E-state index is 12.2. The van der Waals surface area contributed by atoms with E-state index in [1.807, 2.05) is 0 Å². The third-order valence-corrected chi connectivity index (χ3v) is 4.30. The van der Waals surface area contributed by atoms with Gasteiger partial charge in [-0.3, -0.25) is 14.4 Å². The van der Waals surface area contributed by atoms with Gasteiger partial charge in [-0.25, -0.2) is 4.79 Å². The van der Waals surface area contributed by atoms with E-state index in [1.54, 1.807) is 42.5 Å². The van der Waals surface area contributed by atoms with Gasteiger partial charge in [0.05, 0.1) is 0 Å². The van der Waals surface area contributed by atoms with Gasteiger partial charge in [0.15, 0.2) is 24.8 Å². The molecular formula is C21H19NO6. The number of hydrogen-bond donors (Lipinski definition) is 1. The summed E-state index contributed by atoms with van der Waals surface area (Å²) in [5.74, 6) is -0.691. The Kier molecular flexibility index (Phi) is 5.84. The van der Waals surface area contributed by atoms with Gasteiger partial charge in [-0.1, -0.05) is 0 Å². The van der Waals surface area contributed by atoms with E-state index in [0.717, 1.165) is 5.56 Å². The maximum absolute atomic E-state index is 12.2. The van der Waals surface area contributed by atoms with Crippen LogP contribution in [0.3, 0.4) is 0 Å². The fraction of sp³-hybridized carbons (Fsp3) is 0.238. The fourth-order valence-corrected chi connectivity index (χ4v) is 2.76. The zero-order valence-corrected chi connectivity index (χ0v) is 15.3. The Balaban J connectivity index is 1.48.